The molecule has 0 aliphatic carbocycles. The van der Waals surface area contributed by atoms with Crippen LogP contribution in [0.5, 0.6) is 0 Å². The standard InChI is InChI=1S/C12H19N3O/c1-13-12-6-2-4-10(14-12)8-15-7-3-5-11(15)9-16/h2,4,6,11,16H,3,5,7-9H2,1H3,(H,13,14). The summed E-state index contributed by atoms with van der Waals surface area (Å²) in [6.45, 7) is 2.16. The van der Waals surface area contributed by atoms with Gasteiger partial charge in [0.1, 0.15) is 5.82 Å². The highest BCUT2D eigenvalue weighted by atomic mass is 16.3. The smallest absolute Gasteiger partial charge is 0.126 e. The van der Waals surface area contributed by atoms with Crippen LogP contribution in [-0.4, -0.2) is 41.2 Å². The summed E-state index contributed by atoms with van der Waals surface area (Å²) in [5.74, 6) is 0.900. The summed E-state index contributed by atoms with van der Waals surface area (Å²) in [7, 11) is 1.87. The Labute approximate surface area is 96.3 Å². The second kappa shape index (κ2) is 5.27. The minimum atomic E-state index is 0.256. The van der Waals surface area contributed by atoms with E-state index >= 15 is 0 Å². The van der Waals surface area contributed by atoms with Gasteiger partial charge in [-0.25, -0.2) is 4.98 Å². The predicted molar refractivity (Wildman–Crippen MR) is 64.3 cm³/mol. The van der Waals surface area contributed by atoms with Gasteiger partial charge in [0.25, 0.3) is 0 Å². The molecule has 1 aliphatic rings. The van der Waals surface area contributed by atoms with Gasteiger partial charge in [0.2, 0.25) is 0 Å². The fourth-order valence-electron chi connectivity index (χ4n) is 2.23. The van der Waals surface area contributed by atoms with Crippen LogP contribution in [0.15, 0.2) is 18.2 Å². The molecule has 0 aromatic carbocycles. The molecular weight excluding hydrogens is 202 g/mol. The highest BCUT2D eigenvalue weighted by molar-refractivity contribution is 5.34. The van der Waals surface area contributed by atoms with Crippen LogP contribution < -0.4 is 5.32 Å². The average molecular weight is 221 g/mol. The van der Waals surface area contributed by atoms with E-state index in [9.17, 15) is 5.11 Å². The maximum Gasteiger partial charge on any atom is 0.126 e. The Kier molecular flexibility index (Phi) is 3.74. The maximum atomic E-state index is 9.24. The van der Waals surface area contributed by atoms with Crippen molar-refractivity contribution in [3.8, 4) is 0 Å². The van der Waals surface area contributed by atoms with Crippen LogP contribution in [0.1, 0.15) is 18.5 Å². The van der Waals surface area contributed by atoms with Crippen molar-refractivity contribution in [3.63, 3.8) is 0 Å². The van der Waals surface area contributed by atoms with Gasteiger partial charge in [-0.05, 0) is 31.5 Å². The number of aliphatic hydroxyl groups is 1. The molecule has 2 rings (SSSR count). The van der Waals surface area contributed by atoms with E-state index in [0.717, 1.165) is 31.0 Å². The van der Waals surface area contributed by atoms with Crippen molar-refractivity contribution >= 4 is 5.82 Å². The van der Waals surface area contributed by atoms with Crippen molar-refractivity contribution in [2.75, 3.05) is 25.5 Å². The minimum Gasteiger partial charge on any atom is -0.395 e. The Morgan fingerprint density at radius 1 is 1.56 bits per heavy atom. The van der Waals surface area contributed by atoms with Gasteiger partial charge >= 0.3 is 0 Å². The fraction of sp³-hybridized carbons (Fsp3) is 0.583. The lowest BCUT2D eigenvalue weighted by molar-refractivity contribution is 0.152. The summed E-state index contributed by atoms with van der Waals surface area (Å²) in [6, 6.07) is 6.32. The molecule has 1 aliphatic heterocycles. The summed E-state index contributed by atoms with van der Waals surface area (Å²) in [5.41, 5.74) is 1.06. The third-order valence-electron chi connectivity index (χ3n) is 3.14. The van der Waals surface area contributed by atoms with E-state index < -0.39 is 0 Å². The van der Waals surface area contributed by atoms with Gasteiger partial charge in [0.05, 0.1) is 12.3 Å². The van der Waals surface area contributed by atoms with Crippen molar-refractivity contribution in [1.82, 2.24) is 9.88 Å². The largest absolute Gasteiger partial charge is 0.395 e. The molecule has 1 saturated heterocycles. The predicted octanol–water partition coefficient (Wildman–Crippen LogP) is 1.08. The second-order valence-corrected chi connectivity index (χ2v) is 4.21. The zero-order valence-electron chi connectivity index (χ0n) is 9.69. The van der Waals surface area contributed by atoms with Gasteiger partial charge in [0.15, 0.2) is 0 Å². The van der Waals surface area contributed by atoms with Crippen LogP contribution in [0.2, 0.25) is 0 Å². The average Bonchev–Trinajstić information content (AvgIpc) is 2.76. The summed E-state index contributed by atoms with van der Waals surface area (Å²) in [4.78, 5) is 6.80. The molecule has 16 heavy (non-hydrogen) atoms. The van der Waals surface area contributed by atoms with Crippen LogP contribution in [-0.2, 0) is 6.54 Å². The number of anilines is 1. The quantitative estimate of drug-likeness (QED) is 0.799. The van der Waals surface area contributed by atoms with Gasteiger partial charge in [-0.1, -0.05) is 6.07 Å². The number of aliphatic hydroxyl groups excluding tert-OH is 1. The molecule has 1 atom stereocenters. The molecule has 0 saturated carbocycles. The molecule has 4 nitrogen and oxygen atoms in total. The number of nitrogens with zero attached hydrogens (tertiary/aromatic N) is 2. The molecule has 2 N–H and O–H groups in total. The summed E-state index contributed by atoms with van der Waals surface area (Å²) >= 11 is 0. The Hall–Kier alpha value is -1.13. The van der Waals surface area contributed by atoms with Crippen LogP contribution in [0.3, 0.4) is 0 Å². The molecule has 0 radical (unpaired) electrons. The number of nitrogens with one attached hydrogen (secondary N) is 1. The minimum absolute atomic E-state index is 0.256. The highest BCUT2D eigenvalue weighted by Crippen LogP contribution is 2.19. The normalized spacial score (nSPS) is 21.2. The number of likely N-dealkylation sites (tertiary alicyclic amines) is 1. The molecule has 0 bridgehead atoms. The van der Waals surface area contributed by atoms with Gasteiger partial charge in [-0.3, -0.25) is 4.90 Å². The third-order valence-corrected chi connectivity index (χ3v) is 3.14. The van der Waals surface area contributed by atoms with Gasteiger partial charge < -0.3 is 10.4 Å². The molecule has 88 valence electrons. The number of aromatic nitrogens is 1. The topological polar surface area (TPSA) is 48.4 Å². The first-order valence-electron chi connectivity index (χ1n) is 5.82. The van der Waals surface area contributed by atoms with Crippen molar-refractivity contribution in [1.29, 1.82) is 0 Å². The third kappa shape index (κ3) is 2.51. The zero-order valence-corrected chi connectivity index (χ0v) is 9.69. The summed E-state index contributed by atoms with van der Waals surface area (Å²) in [6.07, 6.45) is 2.28. The lowest BCUT2D eigenvalue weighted by Crippen LogP contribution is -2.31. The van der Waals surface area contributed by atoms with E-state index in [1.54, 1.807) is 0 Å². The monoisotopic (exact) mass is 221 g/mol. The number of rotatable bonds is 4. The van der Waals surface area contributed by atoms with E-state index in [-0.39, 0.29) is 6.61 Å². The molecule has 1 unspecified atom stereocenters. The van der Waals surface area contributed by atoms with E-state index in [4.69, 9.17) is 0 Å². The van der Waals surface area contributed by atoms with E-state index in [0.29, 0.717) is 6.04 Å². The SMILES string of the molecule is CNc1cccc(CN2CCCC2CO)n1. The Morgan fingerprint density at radius 2 is 2.44 bits per heavy atom. The van der Waals surface area contributed by atoms with Gasteiger partial charge in [-0.15, -0.1) is 0 Å². The van der Waals surface area contributed by atoms with Crippen LogP contribution in [0.4, 0.5) is 5.82 Å². The first-order chi connectivity index (χ1) is 7.83. The maximum absolute atomic E-state index is 9.24. The van der Waals surface area contributed by atoms with Crippen LogP contribution >= 0.6 is 0 Å². The lowest BCUT2D eigenvalue weighted by atomic mass is 10.2. The molecule has 1 aromatic rings. The van der Waals surface area contributed by atoms with Gasteiger partial charge in [0, 0.05) is 19.6 Å². The summed E-state index contributed by atoms with van der Waals surface area (Å²) in [5, 5.41) is 12.3. The first kappa shape index (κ1) is 11.4. The molecule has 0 amide bonds. The van der Waals surface area contributed by atoms with Crippen molar-refractivity contribution in [2.45, 2.75) is 25.4 Å². The Morgan fingerprint density at radius 3 is 3.19 bits per heavy atom. The van der Waals surface area contributed by atoms with E-state index in [2.05, 4.69) is 15.2 Å². The number of hydrogen-bond donors (Lipinski definition) is 2. The van der Waals surface area contributed by atoms with Crippen LogP contribution in [0, 0.1) is 0 Å². The molecule has 4 heteroatoms. The molecule has 1 fully saturated rings. The lowest BCUT2D eigenvalue weighted by Gasteiger charge is -2.22. The van der Waals surface area contributed by atoms with E-state index in [1.165, 1.54) is 6.42 Å². The first-order valence-corrected chi connectivity index (χ1v) is 5.82. The van der Waals surface area contributed by atoms with Crippen LogP contribution in [0.25, 0.3) is 0 Å². The van der Waals surface area contributed by atoms with Gasteiger partial charge in [-0.2, -0.15) is 0 Å². The fourth-order valence-corrected chi connectivity index (χ4v) is 2.23. The molecular formula is C12H19N3O. The summed E-state index contributed by atoms with van der Waals surface area (Å²) < 4.78 is 0. The number of pyridine rings is 1. The highest BCUT2D eigenvalue weighted by Gasteiger charge is 2.23. The van der Waals surface area contributed by atoms with Crippen molar-refractivity contribution in [3.05, 3.63) is 23.9 Å². The molecule has 1 aromatic heterocycles. The second-order valence-electron chi connectivity index (χ2n) is 4.21. The Bertz CT molecular complexity index is 343. The molecule has 2 heterocycles. The van der Waals surface area contributed by atoms with Crippen molar-refractivity contribution in [2.24, 2.45) is 0 Å². The molecule has 0 spiro atoms. The Balaban J connectivity index is 2.02. The zero-order chi connectivity index (χ0) is 11.4. The van der Waals surface area contributed by atoms with E-state index in [1.807, 2.05) is 25.2 Å². The number of hydrogen-bond acceptors (Lipinski definition) is 4. The van der Waals surface area contributed by atoms with Crippen molar-refractivity contribution < 1.29 is 5.11 Å².